The maximum Gasteiger partial charge on any atom is 0.418 e. The largest absolute Gasteiger partial charge is 0.418 e. The highest BCUT2D eigenvalue weighted by Crippen LogP contribution is 2.36. The molecule has 0 aliphatic rings. The van der Waals surface area contributed by atoms with Crippen molar-refractivity contribution in [3.63, 3.8) is 0 Å². The Morgan fingerprint density at radius 1 is 1.32 bits per heavy atom. The van der Waals surface area contributed by atoms with E-state index in [-0.39, 0.29) is 11.3 Å². The average Bonchev–Trinajstić information content (AvgIpc) is 2.26. The summed E-state index contributed by atoms with van der Waals surface area (Å²) in [5, 5.41) is 21.0. The van der Waals surface area contributed by atoms with Crippen molar-refractivity contribution in [1.82, 2.24) is 0 Å². The Bertz CT molecular complexity index is 498. The van der Waals surface area contributed by atoms with Gasteiger partial charge in [0, 0.05) is 5.69 Å². The van der Waals surface area contributed by atoms with Crippen molar-refractivity contribution in [2.24, 2.45) is 0 Å². The summed E-state index contributed by atoms with van der Waals surface area (Å²) in [6.45, 7) is 4.58. The van der Waals surface area contributed by atoms with Crippen LogP contribution in [0.25, 0.3) is 0 Å². The summed E-state index contributed by atoms with van der Waals surface area (Å²) in [6, 6.07) is 4.38. The van der Waals surface area contributed by atoms with Gasteiger partial charge in [-0.2, -0.15) is 18.4 Å². The lowest BCUT2D eigenvalue weighted by Crippen LogP contribution is -2.39. The third-order valence-corrected chi connectivity index (χ3v) is 2.89. The average molecular weight is 272 g/mol. The van der Waals surface area contributed by atoms with Gasteiger partial charge in [0.05, 0.1) is 28.8 Å². The van der Waals surface area contributed by atoms with E-state index in [4.69, 9.17) is 5.26 Å². The second-order valence-corrected chi connectivity index (χ2v) is 4.89. The van der Waals surface area contributed by atoms with Crippen LogP contribution in [0.5, 0.6) is 0 Å². The third-order valence-electron chi connectivity index (χ3n) is 2.89. The number of benzene rings is 1. The first-order valence-corrected chi connectivity index (χ1v) is 5.66. The fourth-order valence-corrected chi connectivity index (χ4v) is 1.38. The smallest absolute Gasteiger partial charge is 0.388 e. The molecule has 2 N–H and O–H groups in total. The van der Waals surface area contributed by atoms with E-state index >= 15 is 0 Å². The van der Waals surface area contributed by atoms with Crippen LogP contribution in [0.15, 0.2) is 18.2 Å². The number of hydrogen-bond donors (Lipinski definition) is 2. The minimum absolute atomic E-state index is 0.0613. The van der Waals surface area contributed by atoms with Gasteiger partial charge in [0.2, 0.25) is 0 Å². The molecule has 0 aliphatic carbocycles. The molecule has 3 nitrogen and oxygen atoms in total. The predicted octanol–water partition coefficient (Wildman–Crippen LogP) is 3.15. The van der Waals surface area contributed by atoms with Crippen LogP contribution in [0.2, 0.25) is 0 Å². The number of anilines is 1. The van der Waals surface area contributed by atoms with Crippen LogP contribution in [-0.2, 0) is 6.18 Å². The zero-order valence-corrected chi connectivity index (χ0v) is 10.8. The molecule has 0 aromatic heterocycles. The van der Waals surface area contributed by atoms with E-state index in [0.717, 1.165) is 6.07 Å². The van der Waals surface area contributed by atoms with Crippen LogP contribution in [0, 0.1) is 11.3 Å². The zero-order chi connectivity index (χ0) is 14.8. The van der Waals surface area contributed by atoms with Gasteiger partial charge in [0.25, 0.3) is 0 Å². The van der Waals surface area contributed by atoms with Crippen molar-refractivity contribution in [2.75, 3.05) is 5.32 Å². The van der Waals surface area contributed by atoms with Crippen LogP contribution in [0.4, 0.5) is 18.9 Å². The molecule has 6 heteroatoms. The number of alkyl halides is 3. The summed E-state index contributed by atoms with van der Waals surface area (Å²) in [5.41, 5.74) is -2.30. The van der Waals surface area contributed by atoms with Crippen LogP contribution < -0.4 is 5.32 Å². The molecule has 0 heterocycles. The first-order chi connectivity index (χ1) is 8.55. The van der Waals surface area contributed by atoms with Crippen molar-refractivity contribution >= 4 is 5.69 Å². The monoisotopic (exact) mass is 272 g/mol. The molecule has 1 aromatic carbocycles. The Balaban J connectivity index is 3.18. The fourth-order valence-electron chi connectivity index (χ4n) is 1.38. The number of nitrogens with zero attached hydrogens (tertiary/aromatic N) is 1. The Morgan fingerprint density at radius 2 is 1.89 bits per heavy atom. The maximum absolute atomic E-state index is 12.9. The minimum atomic E-state index is -4.56. The van der Waals surface area contributed by atoms with E-state index in [1.54, 1.807) is 13.0 Å². The van der Waals surface area contributed by atoms with E-state index in [1.807, 2.05) is 0 Å². The molecule has 0 fully saturated rings. The molecule has 1 atom stereocenters. The summed E-state index contributed by atoms with van der Waals surface area (Å²) in [6.07, 6.45) is -4.56. The minimum Gasteiger partial charge on any atom is -0.388 e. The molecule has 19 heavy (non-hydrogen) atoms. The zero-order valence-electron chi connectivity index (χ0n) is 10.8. The van der Waals surface area contributed by atoms with E-state index < -0.39 is 23.4 Å². The lowest BCUT2D eigenvalue weighted by atomic mass is 9.99. The molecule has 0 bridgehead atoms. The molecule has 0 saturated carbocycles. The first kappa shape index (κ1) is 15.3. The van der Waals surface area contributed by atoms with Gasteiger partial charge in [0.15, 0.2) is 0 Å². The van der Waals surface area contributed by atoms with Crippen molar-refractivity contribution in [3.05, 3.63) is 29.3 Å². The predicted molar refractivity (Wildman–Crippen MR) is 65.5 cm³/mol. The summed E-state index contributed by atoms with van der Waals surface area (Å²) in [4.78, 5) is 0. The van der Waals surface area contributed by atoms with Gasteiger partial charge in [-0.1, -0.05) is 0 Å². The number of nitrogens with one attached hydrogen (secondary N) is 1. The number of aliphatic hydroxyl groups is 1. The van der Waals surface area contributed by atoms with Gasteiger partial charge in [-0.25, -0.2) is 0 Å². The third kappa shape index (κ3) is 3.86. The quantitative estimate of drug-likeness (QED) is 0.888. The molecule has 1 rings (SSSR count). The van der Waals surface area contributed by atoms with Crippen LogP contribution in [0.1, 0.15) is 31.9 Å². The molecule has 1 unspecified atom stereocenters. The maximum atomic E-state index is 12.9. The molecule has 0 aliphatic heterocycles. The Kier molecular flexibility index (Phi) is 4.11. The highest BCUT2D eigenvalue weighted by atomic mass is 19.4. The molecular formula is C13H15F3N2O. The first-order valence-electron chi connectivity index (χ1n) is 5.66. The van der Waals surface area contributed by atoms with Crippen LogP contribution in [-0.4, -0.2) is 16.7 Å². The molecule has 104 valence electrons. The molecule has 0 radical (unpaired) electrons. The van der Waals surface area contributed by atoms with E-state index in [0.29, 0.717) is 0 Å². The second-order valence-electron chi connectivity index (χ2n) is 4.89. The summed E-state index contributed by atoms with van der Waals surface area (Å²) in [5.74, 6) is 0. The van der Waals surface area contributed by atoms with E-state index in [9.17, 15) is 18.3 Å². The fraction of sp³-hybridized carbons (Fsp3) is 0.462. The van der Waals surface area contributed by atoms with E-state index in [2.05, 4.69) is 5.32 Å². The van der Waals surface area contributed by atoms with Gasteiger partial charge in [-0.15, -0.1) is 0 Å². The van der Waals surface area contributed by atoms with Gasteiger partial charge >= 0.3 is 6.18 Å². The van der Waals surface area contributed by atoms with Crippen LogP contribution >= 0.6 is 0 Å². The number of nitriles is 1. The van der Waals surface area contributed by atoms with Crippen molar-refractivity contribution in [3.8, 4) is 6.07 Å². The lowest BCUT2D eigenvalue weighted by Gasteiger charge is -2.29. The van der Waals surface area contributed by atoms with Crippen molar-refractivity contribution < 1.29 is 18.3 Å². The van der Waals surface area contributed by atoms with Crippen molar-refractivity contribution in [1.29, 1.82) is 5.26 Å². The SMILES string of the molecule is CC(Nc1ccc(C#N)cc1C(F)(F)F)C(C)(C)O. The molecular weight excluding hydrogens is 257 g/mol. The lowest BCUT2D eigenvalue weighted by molar-refractivity contribution is -0.137. The normalized spacial score (nSPS) is 13.8. The Hall–Kier alpha value is -1.74. The van der Waals surface area contributed by atoms with Crippen molar-refractivity contribution in [2.45, 2.75) is 38.6 Å². The van der Waals surface area contributed by atoms with Gasteiger partial charge < -0.3 is 10.4 Å². The molecule has 0 spiro atoms. The standard InChI is InChI=1S/C13H15F3N2O/c1-8(12(2,3)19)18-11-5-4-9(7-17)6-10(11)13(14,15)16/h4-6,8,18-19H,1-3H3. The highest BCUT2D eigenvalue weighted by Gasteiger charge is 2.35. The second kappa shape index (κ2) is 5.10. The topological polar surface area (TPSA) is 56.0 Å². The molecule has 0 saturated heterocycles. The van der Waals surface area contributed by atoms with Gasteiger partial charge in [-0.3, -0.25) is 0 Å². The highest BCUT2D eigenvalue weighted by molar-refractivity contribution is 5.56. The number of halogens is 3. The summed E-state index contributed by atoms with van der Waals surface area (Å²) in [7, 11) is 0. The Labute approximate surface area is 109 Å². The summed E-state index contributed by atoms with van der Waals surface area (Å²) >= 11 is 0. The Morgan fingerprint density at radius 3 is 2.32 bits per heavy atom. The summed E-state index contributed by atoms with van der Waals surface area (Å²) < 4.78 is 38.7. The number of hydrogen-bond acceptors (Lipinski definition) is 3. The molecule has 1 aromatic rings. The number of rotatable bonds is 3. The van der Waals surface area contributed by atoms with Gasteiger partial charge in [-0.05, 0) is 39.0 Å². The van der Waals surface area contributed by atoms with Crippen LogP contribution in [0.3, 0.4) is 0 Å². The van der Waals surface area contributed by atoms with E-state index in [1.165, 1.54) is 26.0 Å². The molecule has 0 amide bonds. The van der Waals surface area contributed by atoms with Gasteiger partial charge in [0.1, 0.15) is 0 Å².